The number of rotatable bonds is 7. The molecule has 0 N–H and O–H groups in total. The maximum Gasteiger partial charge on any atom is 0.307 e. The summed E-state index contributed by atoms with van der Waals surface area (Å²) in [6, 6.07) is 7.27. The Labute approximate surface area is 136 Å². The molecule has 120 valence electrons. The minimum absolute atomic E-state index is 0.127. The molecule has 1 amide bonds. The zero-order valence-corrected chi connectivity index (χ0v) is 14.0. The molecule has 1 aromatic rings. The Kier molecular flexibility index (Phi) is 7.67. The number of esters is 1. The molecular formula is C17H22ClNO3. The van der Waals surface area contributed by atoms with Crippen molar-refractivity contribution in [3.8, 4) is 0 Å². The van der Waals surface area contributed by atoms with E-state index in [-0.39, 0.29) is 18.3 Å². The number of amides is 1. The maximum atomic E-state index is 12.3. The van der Waals surface area contributed by atoms with Crippen molar-refractivity contribution in [2.75, 3.05) is 20.2 Å². The van der Waals surface area contributed by atoms with Crippen LogP contribution >= 0.6 is 11.6 Å². The minimum atomic E-state index is -0.319. The Balaban J connectivity index is 2.71. The molecule has 0 saturated carbocycles. The molecule has 0 bridgehead atoms. The van der Waals surface area contributed by atoms with Gasteiger partial charge in [0, 0.05) is 24.2 Å². The summed E-state index contributed by atoms with van der Waals surface area (Å²) in [6.07, 6.45) is 3.42. The van der Waals surface area contributed by atoms with Gasteiger partial charge in [0.25, 0.3) is 0 Å². The van der Waals surface area contributed by atoms with Crippen molar-refractivity contribution >= 4 is 29.6 Å². The zero-order chi connectivity index (χ0) is 16.5. The van der Waals surface area contributed by atoms with Crippen molar-refractivity contribution < 1.29 is 14.3 Å². The summed E-state index contributed by atoms with van der Waals surface area (Å²) in [7, 11) is 1.34. The van der Waals surface area contributed by atoms with Gasteiger partial charge in [0.1, 0.15) is 0 Å². The predicted octanol–water partition coefficient (Wildman–Crippen LogP) is 3.40. The molecule has 4 nitrogen and oxygen atoms in total. The van der Waals surface area contributed by atoms with Gasteiger partial charge in [0.2, 0.25) is 5.91 Å². The molecule has 0 atom stereocenters. The average Bonchev–Trinajstić information content (AvgIpc) is 2.48. The molecular weight excluding hydrogens is 302 g/mol. The number of hydrogen-bond donors (Lipinski definition) is 0. The summed E-state index contributed by atoms with van der Waals surface area (Å²) in [5.41, 5.74) is 0.860. The average molecular weight is 324 g/mol. The number of ether oxygens (including phenoxy) is 1. The predicted molar refractivity (Wildman–Crippen MR) is 88.5 cm³/mol. The highest BCUT2D eigenvalue weighted by atomic mass is 35.5. The summed E-state index contributed by atoms with van der Waals surface area (Å²) >= 11 is 5.91. The van der Waals surface area contributed by atoms with Crippen LogP contribution in [-0.2, 0) is 14.3 Å². The number of methoxy groups -OCH3 is 1. The number of benzene rings is 1. The van der Waals surface area contributed by atoms with Crippen LogP contribution in [0, 0.1) is 5.92 Å². The van der Waals surface area contributed by atoms with E-state index in [4.69, 9.17) is 11.6 Å². The molecule has 22 heavy (non-hydrogen) atoms. The summed E-state index contributed by atoms with van der Waals surface area (Å²) < 4.78 is 4.62. The monoisotopic (exact) mass is 323 g/mol. The van der Waals surface area contributed by atoms with Gasteiger partial charge in [-0.05, 0) is 29.7 Å². The lowest BCUT2D eigenvalue weighted by Crippen LogP contribution is -2.34. The van der Waals surface area contributed by atoms with Crippen LogP contribution in [0.3, 0.4) is 0 Å². The lowest BCUT2D eigenvalue weighted by molar-refractivity contribution is -0.141. The number of carbonyl (C=O) groups excluding carboxylic acids is 2. The standard InChI is InChI=1S/C17H22ClNO3/c1-13(2)12-19(10-9-17(21)22-3)16(20)8-7-14-5-4-6-15(18)11-14/h4-8,11,13H,9-10,12H2,1-3H3. The van der Waals surface area contributed by atoms with Crippen LogP contribution in [0.25, 0.3) is 6.08 Å². The second-order valence-corrected chi connectivity index (χ2v) is 5.83. The van der Waals surface area contributed by atoms with Gasteiger partial charge in [-0.1, -0.05) is 37.6 Å². The Hall–Kier alpha value is -1.81. The fraction of sp³-hybridized carbons (Fsp3) is 0.412. The molecule has 0 aliphatic rings. The number of carbonyl (C=O) groups is 2. The number of nitrogens with zero attached hydrogens (tertiary/aromatic N) is 1. The third-order valence-electron chi connectivity index (χ3n) is 2.98. The highest BCUT2D eigenvalue weighted by Gasteiger charge is 2.14. The van der Waals surface area contributed by atoms with E-state index in [2.05, 4.69) is 4.74 Å². The molecule has 0 radical (unpaired) electrons. The molecule has 0 saturated heterocycles. The third-order valence-corrected chi connectivity index (χ3v) is 3.21. The summed E-state index contributed by atoms with van der Waals surface area (Å²) in [6.45, 7) is 5.00. The molecule has 0 aromatic heterocycles. The fourth-order valence-electron chi connectivity index (χ4n) is 1.94. The van der Waals surface area contributed by atoms with E-state index >= 15 is 0 Å². The molecule has 0 aliphatic carbocycles. The largest absolute Gasteiger partial charge is 0.469 e. The Morgan fingerprint density at radius 2 is 2.09 bits per heavy atom. The van der Waals surface area contributed by atoms with Crippen molar-refractivity contribution in [1.82, 2.24) is 4.90 Å². The van der Waals surface area contributed by atoms with Gasteiger partial charge < -0.3 is 9.64 Å². The van der Waals surface area contributed by atoms with Crippen molar-refractivity contribution in [2.45, 2.75) is 20.3 Å². The van der Waals surface area contributed by atoms with E-state index in [9.17, 15) is 9.59 Å². The molecule has 0 spiro atoms. The Morgan fingerprint density at radius 1 is 1.36 bits per heavy atom. The molecule has 1 aromatic carbocycles. The van der Waals surface area contributed by atoms with Crippen LogP contribution in [0.5, 0.6) is 0 Å². The Morgan fingerprint density at radius 3 is 2.68 bits per heavy atom. The fourth-order valence-corrected chi connectivity index (χ4v) is 2.14. The van der Waals surface area contributed by atoms with E-state index in [1.807, 2.05) is 26.0 Å². The highest BCUT2D eigenvalue weighted by Crippen LogP contribution is 2.12. The molecule has 0 fully saturated rings. The first-order valence-corrected chi connectivity index (χ1v) is 7.59. The normalized spacial score (nSPS) is 11.0. The SMILES string of the molecule is COC(=O)CCN(CC(C)C)C(=O)C=Cc1cccc(Cl)c1. The third kappa shape index (κ3) is 6.76. The van der Waals surface area contributed by atoms with Crippen LogP contribution in [0.4, 0.5) is 0 Å². The molecule has 0 aliphatic heterocycles. The first-order valence-electron chi connectivity index (χ1n) is 7.21. The lowest BCUT2D eigenvalue weighted by Gasteiger charge is -2.22. The van der Waals surface area contributed by atoms with Gasteiger partial charge in [0.05, 0.1) is 13.5 Å². The molecule has 0 heterocycles. The second-order valence-electron chi connectivity index (χ2n) is 5.39. The van der Waals surface area contributed by atoms with Gasteiger partial charge in [-0.15, -0.1) is 0 Å². The maximum absolute atomic E-state index is 12.3. The zero-order valence-electron chi connectivity index (χ0n) is 13.2. The lowest BCUT2D eigenvalue weighted by atomic mass is 10.2. The van der Waals surface area contributed by atoms with Crippen molar-refractivity contribution in [3.05, 3.63) is 40.9 Å². The molecule has 5 heteroatoms. The summed E-state index contributed by atoms with van der Waals surface area (Å²) in [4.78, 5) is 25.2. The van der Waals surface area contributed by atoms with E-state index in [0.717, 1.165) is 5.56 Å². The van der Waals surface area contributed by atoms with Crippen molar-refractivity contribution in [3.63, 3.8) is 0 Å². The minimum Gasteiger partial charge on any atom is -0.469 e. The van der Waals surface area contributed by atoms with Crippen LogP contribution in [0.1, 0.15) is 25.8 Å². The highest BCUT2D eigenvalue weighted by molar-refractivity contribution is 6.30. The molecule has 0 unspecified atom stereocenters. The smallest absolute Gasteiger partial charge is 0.307 e. The Bertz CT molecular complexity index is 540. The summed E-state index contributed by atoms with van der Waals surface area (Å²) in [5.74, 6) is -0.126. The van der Waals surface area contributed by atoms with E-state index in [0.29, 0.717) is 24.0 Å². The first-order chi connectivity index (χ1) is 10.4. The molecule has 1 rings (SSSR count). The summed E-state index contributed by atoms with van der Waals surface area (Å²) in [5, 5.41) is 0.624. The number of halogens is 1. The first kappa shape index (κ1) is 18.2. The van der Waals surface area contributed by atoms with Crippen LogP contribution in [0.2, 0.25) is 5.02 Å². The quantitative estimate of drug-likeness (QED) is 0.570. The number of hydrogen-bond acceptors (Lipinski definition) is 3. The van der Waals surface area contributed by atoms with Crippen LogP contribution in [-0.4, -0.2) is 37.0 Å². The second kappa shape index (κ2) is 9.26. The van der Waals surface area contributed by atoms with Crippen molar-refractivity contribution in [1.29, 1.82) is 0 Å². The van der Waals surface area contributed by atoms with E-state index in [1.54, 1.807) is 23.1 Å². The van der Waals surface area contributed by atoms with E-state index in [1.165, 1.54) is 13.2 Å². The van der Waals surface area contributed by atoms with Crippen LogP contribution in [0.15, 0.2) is 30.3 Å². The van der Waals surface area contributed by atoms with Gasteiger partial charge in [0.15, 0.2) is 0 Å². The van der Waals surface area contributed by atoms with E-state index < -0.39 is 0 Å². The van der Waals surface area contributed by atoms with Gasteiger partial charge >= 0.3 is 5.97 Å². The topological polar surface area (TPSA) is 46.6 Å². The van der Waals surface area contributed by atoms with Gasteiger partial charge in [-0.2, -0.15) is 0 Å². The van der Waals surface area contributed by atoms with Gasteiger partial charge in [-0.3, -0.25) is 9.59 Å². The van der Waals surface area contributed by atoms with Crippen molar-refractivity contribution in [2.24, 2.45) is 5.92 Å². The van der Waals surface area contributed by atoms with Gasteiger partial charge in [-0.25, -0.2) is 0 Å². The van der Waals surface area contributed by atoms with Crippen LogP contribution < -0.4 is 0 Å².